The maximum absolute atomic E-state index is 10.4. The largest absolute Gasteiger partial charge is 0.508 e. The highest BCUT2D eigenvalue weighted by atomic mass is 32.2. The Balaban J connectivity index is 2.72. The van der Waals surface area contributed by atoms with Crippen LogP contribution in [-0.4, -0.2) is 13.5 Å². The van der Waals surface area contributed by atoms with Gasteiger partial charge in [-0.3, -0.25) is 0 Å². The van der Waals surface area contributed by atoms with E-state index in [4.69, 9.17) is 0 Å². The lowest BCUT2D eigenvalue weighted by atomic mass is 10.2. The highest BCUT2D eigenvalue weighted by molar-refractivity contribution is 7.87. The van der Waals surface area contributed by atoms with E-state index in [0.29, 0.717) is 5.56 Å². The van der Waals surface area contributed by atoms with Crippen molar-refractivity contribution in [2.45, 2.75) is 6.54 Å². The second kappa shape index (κ2) is 4.16. The van der Waals surface area contributed by atoms with Crippen LogP contribution in [0, 0.1) is 0 Å². The number of phenolic OH excluding ortho intramolecular Hbond substituents is 1. The van der Waals surface area contributed by atoms with Crippen LogP contribution in [0.1, 0.15) is 5.56 Å². The summed E-state index contributed by atoms with van der Waals surface area (Å²) in [6.45, 7) is -0.0247. The first kappa shape index (κ1) is 10.6. The highest BCUT2D eigenvalue weighted by Gasteiger charge is 1.99. The van der Waals surface area contributed by atoms with Crippen molar-refractivity contribution in [3.63, 3.8) is 0 Å². The number of nitrogens with zero attached hydrogens (tertiary/aromatic N) is 2. The molecule has 14 heavy (non-hydrogen) atoms. The summed E-state index contributed by atoms with van der Waals surface area (Å²) in [7, 11) is -3.93. The van der Waals surface area contributed by atoms with Gasteiger partial charge in [0.05, 0.1) is 6.54 Å². The molecule has 0 unspecified atom stereocenters. The molecule has 0 spiro atoms. The zero-order chi connectivity index (χ0) is 10.6. The molecule has 0 aromatic heterocycles. The molecule has 0 aliphatic heterocycles. The van der Waals surface area contributed by atoms with Crippen LogP contribution in [0.3, 0.4) is 0 Å². The number of benzene rings is 1. The van der Waals surface area contributed by atoms with E-state index in [1.54, 1.807) is 18.2 Å². The molecule has 0 saturated carbocycles. The predicted octanol–water partition coefficient (Wildman–Crippen LogP) is 0.548. The Kier molecular flexibility index (Phi) is 3.15. The monoisotopic (exact) mass is 215 g/mol. The van der Waals surface area contributed by atoms with Crippen LogP contribution in [0.4, 0.5) is 0 Å². The summed E-state index contributed by atoms with van der Waals surface area (Å²) in [5, 5.41) is 17.2. The Hall–Kier alpha value is -1.47. The third kappa shape index (κ3) is 3.50. The van der Waals surface area contributed by atoms with Crippen LogP contribution in [0.2, 0.25) is 0 Å². The van der Waals surface area contributed by atoms with E-state index in [-0.39, 0.29) is 12.3 Å². The molecule has 0 saturated heterocycles. The lowest BCUT2D eigenvalue weighted by Crippen LogP contribution is -2.06. The Morgan fingerprint density at radius 3 is 2.57 bits per heavy atom. The standard InChI is InChI=1S/C7H9N3O3S/c8-14(12,13)10-9-5-6-3-1-2-4-7(6)11/h1-4,11H,5H2,(H2,8,12,13). The van der Waals surface area contributed by atoms with Crippen molar-refractivity contribution in [1.29, 1.82) is 0 Å². The van der Waals surface area contributed by atoms with Crippen LogP contribution in [0.15, 0.2) is 33.9 Å². The van der Waals surface area contributed by atoms with Crippen molar-refractivity contribution >= 4 is 10.2 Å². The van der Waals surface area contributed by atoms with Crippen LogP contribution in [0.25, 0.3) is 0 Å². The van der Waals surface area contributed by atoms with Gasteiger partial charge in [0, 0.05) is 5.56 Å². The minimum atomic E-state index is -3.93. The summed E-state index contributed by atoms with van der Waals surface area (Å²) in [4.78, 5) is 0. The van der Waals surface area contributed by atoms with E-state index in [9.17, 15) is 13.5 Å². The molecule has 1 rings (SSSR count). The van der Waals surface area contributed by atoms with E-state index in [1.165, 1.54) is 6.07 Å². The van der Waals surface area contributed by atoms with Gasteiger partial charge in [0.15, 0.2) is 0 Å². The van der Waals surface area contributed by atoms with Gasteiger partial charge in [-0.25, -0.2) is 5.14 Å². The van der Waals surface area contributed by atoms with Crippen LogP contribution < -0.4 is 5.14 Å². The van der Waals surface area contributed by atoms with Gasteiger partial charge in [0.1, 0.15) is 5.75 Å². The van der Waals surface area contributed by atoms with E-state index < -0.39 is 10.2 Å². The van der Waals surface area contributed by atoms with Crippen molar-refractivity contribution in [1.82, 2.24) is 0 Å². The quantitative estimate of drug-likeness (QED) is 0.719. The molecule has 1 aromatic rings. The molecule has 76 valence electrons. The zero-order valence-electron chi connectivity index (χ0n) is 7.16. The van der Waals surface area contributed by atoms with Gasteiger partial charge in [-0.2, -0.15) is 13.5 Å². The first-order chi connectivity index (χ1) is 6.49. The Morgan fingerprint density at radius 1 is 1.36 bits per heavy atom. The van der Waals surface area contributed by atoms with Gasteiger partial charge >= 0.3 is 10.2 Å². The molecule has 1 aromatic carbocycles. The minimum absolute atomic E-state index is 0.0247. The van der Waals surface area contributed by atoms with Crippen LogP contribution in [-0.2, 0) is 16.8 Å². The minimum Gasteiger partial charge on any atom is -0.508 e. The molecule has 0 aliphatic carbocycles. The maximum atomic E-state index is 10.4. The van der Waals surface area contributed by atoms with E-state index in [0.717, 1.165) is 0 Å². The van der Waals surface area contributed by atoms with Crippen molar-refractivity contribution in [3.05, 3.63) is 29.8 Å². The number of phenols is 1. The van der Waals surface area contributed by atoms with Gasteiger partial charge < -0.3 is 5.11 Å². The Bertz CT molecular complexity index is 441. The second-order valence-corrected chi connectivity index (χ2v) is 3.72. The number of rotatable bonds is 3. The van der Waals surface area contributed by atoms with Gasteiger partial charge in [-0.1, -0.05) is 22.7 Å². The summed E-state index contributed by atoms with van der Waals surface area (Å²) in [5.41, 5.74) is 0.486. The van der Waals surface area contributed by atoms with Crippen molar-refractivity contribution in [3.8, 4) is 5.75 Å². The Morgan fingerprint density at radius 2 is 2.00 bits per heavy atom. The van der Waals surface area contributed by atoms with Crippen molar-refractivity contribution in [2.24, 2.45) is 14.8 Å². The molecule has 7 heteroatoms. The number of hydrogen-bond donors (Lipinski definition) is 2. The van der Waals surface area contributed by atoms with Gasteiger partial charge in [0.25, 0.3) is 0 Å². The molecule has 0 heterocycles. The highest BCUT2D eigenvalue weighted by Crippen LogP contribution is 2.16. The van der Waals surface area contributed by atoms with Gasteiger partial charge in [-0.15, -0.1) is 0 Å². The number of para-hydroxylation sites is 1. The molecule has 0 aliphatic rings. The van der Waals surface area contributed by atoms with E-state index >= 15 is 0 Å². The summed E-state index contributed by atoms with van der Waals surface area (Å²) in [5.74, 6) is 0.0425. The van der Waals surface area contributed by atoms with E-state index in [1.807, 2.05) is 0 Å². The maximum Gasteiger partial charge on any atom is 0.334 e. The third-order valence-corrected chi connectivity index (χ3v) is 1.75. The van der Waals surface area contributed by atoms with Gasteiger partial charge in [0.2, 0.25) is 0 Å². The molecule has 6 nitrogen and oxygen atoms in total. The topological polar surface area (TPSA) is 105 Å². The van der Waals surface area contributed by atoms with Crippen molar-refractivity contribution < 1.29 is 13.5 Å². The summed E-state index contributed by atoms with van der Waals surface area (Å²) in [6.07, 6.45) is 0. The summed E-state index contributed by atoms with van der Waals surface area (Å²) < 4.78 is 23.6. The molecule has 0 bridgehead atoms. The second-order valence-electron chi connectivity index (χ2n) is 2.52. The number of aromatic hydroxyl groups is 1. The summed E-state index contributed by atoms with van der Waals surface area (Å²) >= 11 is 0. The predicted molar refractivity (Wildman–Crippen MR) is 49.8 cm³/mol. The zero-order valence-corrected chi connectivity index (χ0v) is 7.98. The van der Waals surface area contributed by atoms with Crippen molar-refractivity contribution in [2.75, 3.05) is 0 Å². The SMILES string of the molecule is NS(=O)(=O)N=NCc1ccccc1O. The normalized spacial score (nSPS) is 12.1. The molecular formula is C7H9N3O3S. The third-order valence-electron chi connectivity index (χ3n) is 1.40. The number of nitrogens with two attached hydrogens (primary N) is 1. The molecule has 0 amide bonds. The fourth-order valence-electron chi connectivity index (χ4n) is 0.830. The van der Waals surface area contributed by atoms with Gasteiger partial charge in [-0.05, 0) is 6.07 Å². The first-order valence-corrected chi connectivity index (χ1v) is 5.18. The average Bonchev–Trinajstić information content (AvgIpc) is 2.06. The fourth-order valence-corrected chi connectivity index (χ4v) is 1.05. The van der Waals surface area contributed by atoms with Crippen LogP contribution >= 0.6 is 0 Å². The lowest BCUT2D eigenvalue weighted by Gasteiger charge is -1.97. The molecular weight excluding hydrogens is 206 g/mol. The Labute approximate surface area is 81.3 Å². The van der Waals surface area contributed by atoms with E-state index in [2.05, 4.69) is 14.8 Å². The molecule has 0 atom stereocenters. The fraction of sp³-hybridized carbons (Fsp3) is 0.143. The van der Waals surface area contributed by atoms with Crippen LogP contribution in [0.5, 0.6) is 5.75 Å². The average molecular weight is 215 g/mol. The molecule has 3 N–H and O–H groups in total. The number of hydrogen-bond acceptors (Lipinski definition) is 4. The smallest absolute Gasteiger partial charge is 0.334 e. The lowest BCUT2D eigenvalue weighted by molar-refractivity contribution is 0.468. The summed E-state index contributed by atoms with van der Waals surface area (Å²) in [6, 6.07) is 6.43. The molecule has 0 fully saturated rings. The molecule has 0 radical (unpaired) electrons. The first-order valence-electron chi connectivity index (χ1n) is 3.67.